The van der Waals surface area contributed by atoms with Crippen LogP contribution in [0, 0.1) is 0 Å². The fraction of sp³-hybridized carbons (Fsp3) is 0.111. The van der Waals surface area contributed by atoms with Gasteiger partial charge in [0.05, 0.1) is 16.4 Å². The predicted octanol–water partition coefficient (Wildman–Crippen LogP) is 3.89. The molecule has 3 aromatic heterocycles. The average Bonchev–Trinajstić information content (AvgIpc) is 3.31. The summed E-state index contributed by atoms with van der Waals surface area (Å²) in [5.74, 6) is 0. The van der Waals surface area contributed by atoms with Crippen molar-refractivity contribution in [2.45, 2.75) is 6.92 Å². The number of amides is 2. The Labute approximate surface area is 153 Å². The van der Waals surface area contributed by atoms with Crippen LogP contribution in [0.15, 0.2) is 49.1 Å². The van der Waals surface area contributed by atoms with Crippen molar-refractivity contribution in [3.05, 3.63) is 49.1 Å². The number of thiazole rings is 1. The van der Waals surface area contributed by atoms with Crippen molar-refractivity contribution in [1.82, 2.24) is 25.5 Å². The van der Waals surface area contributed by atoms with Crippen molar-refractivity contribution in [3.8, 4) is 22.3 Å². The van der Waals surface area contributed by atoms with E-state index in [9.17, 15) is 4.79 Å². The average molecular weight is 364 g/mol. The standard InChI is InChI=1S/C18H16N6OS/c1-2-20-17(25)24-18-23-15-7-12(11-4-3-5-19-8-11)6-14(16(15)26-18)13-9-21-22-10-13/h3-10H,2H2,1H3,(H,21,22)(H2,20,23,24,25). The maximum Gasteiger partial charge on any atom is 0.321 e. The number of hydrogen-bond donors (Lipinski definition) is 3. The summed E-state index contributed by atoms with van der Waals surface area (Å²) in [6.07, 6.45) is 7.19. The normalized spacial score (nSPS) is 10.8. The van der Waals surface area contributed by atoms with E-state index in [2.05, 4.69) is 36.9 Å². The van der Waals surface area contributed by atoms with Crippen LogP contribution in [0.4, 0.5) is 9.93 Å². The topological polar surface area (TPSA) is 95.6 Å². The Kier molecular flexibility index (Phi) is 4.32. The van der Waals surface area contributed by atoms with Crippen molar-refractivity contribution in [2.75, 3.05) is 11.9 Å². The number of nitrogens with zero attached hydrogens (tertiary/aromatic N) is 3. The highest BCUT2D eigenvalue weighted by Crippen LogP contribution is 2.38. The molecule has 3 heterocycles. The van der Waals surface area contributed by atoms with Gasteiger partial charge in [-0.2, -0.15) is 5.10 Å². The highest BCUT2D eigenvalue weighted by molar-refractivity contribution is 7.22. The lowest BCUT2D eigenvalue weighted by Crippen LogP contribution is -2.28. The minimum atomic E-state index is -0.260. The van der Waals surface area contributed by atoms with Crippen molar-refractivity contribution in [1.29, 1.82) is 0 Å². The number of urea groups is 1. The molecule has 0 bridgehead atoms. The van der Waals surface area contributed by atoms with Gasteiger partial charge in [0.15, 0.2) is 5.13 Å². The minimum Gasteiger partial charge on any atom is -0.338 e. The lowest BCUT2D eigenvalue weighted by Gasteiger charge is -2.05. The number of benzene rings is 1. The van der Waals surface area contributed by atoms with Crippen molar-refractivity contribution < 1.29 is 4.79 Å². The summed E-state index contributed by atoms with van der Waals surface area (Å²) in [4.78, 5) is 20.6. The fourth-order valence-corrected chi connectivity index (χ4v) is 3.68. The molecule has 130 valence electrons. The van der Waals surface area contributed by atoms with E-state index in [4.69, 9.17) is 0 Å². The van der Waals surface area contributed by atoms with E-state index in [-0.39, 0.29) is 6.03 Å². The van der Waals surface area contributed by atoms with Crippen LogP contribution in [0.3, 0.4) is 0 Å². The number of fused-ring (bicyclic) bond motifs is 1. The van der Waals surface area contributed by atoms with Crippen molar-refractivity contribution >= 4 is 32.7 Å². The lowest BCUT2D eigenvalue weighted by atomic mass is 10.0. The van der Waals surface area contributed by atoms with Gasteiger partial charge < -0.3 is 5.32 Å². The Balaban J connectivity index is 1.85. The number of anilines is 1. The highest BCUT2D eigenvalue weighted by atomic mass is 32.1. The first kappa shape index (κ1) is 16.2. The Hall–Kier alpha value is -3.26. The summed E-state index contributed by atoms with van der Waals surface area (Å²) in [5, 5.41) is 13.0. The van der Waals surface area contributed by atoms with Gasteiger partial charge in [-0.05, 0) is 30.7 Å². The molecule has 0 spiro atoms. The van der Waals surface area contributed by atoms with Gasteiger partial charge in [0.25, 0.3) is 0 Å². The van der Waals surface area contributed by atoms with E-state index in [0.29, 0.717) is 11.7 Å². The summed E-state index contributed by atoms with van der Waals surface area (Å²) in [6, 6.07) is 7.75. The summed E-state index contributed by atoms with van der Waals surface area (Å²) >= 11 is 1.44. The quantitative estimate of drug-likeness (QED) is 0.512. The summed E-state index contributed by atoms with van der Waals surface area (Å²) in [7, 11) is 0. The Morgan fingerprint density at radius 2 is 2.15 bits per heavy atom. The number of H-pyrrole nitrogens is 1. The molecule has 0 radical (unpaired) electrons. The molecule has 0 fully saturated rings. The van der Waals surface area contributed by atoms with Crippen LogP contribution in [0.1, 0.15) is 6.92 Å². The first-order valence-electron chi connectivity index (χ1n) is 8.13. The van der Waals surface area contributed by atoms with E-state index in [1.165, 1.54) is 11.3 Å². The molecule has 0 saturated heterocycles. The SMILES string of the molecule is CCNC(=O)Nc1nc2cc(-c3cccnc3)cc(-c3cn[nH]c3)c2s1. The Bertz CT molecular complexity index is 1040. The van der Waals surface area contributed by atoms with Crippen molar-refractivity contribution in [3.63, 3.8) is 0 Å². The smallest absolute Gasteiger partial charge is 0.321 e. The van der Waals surface area contributed by atoms with Gasteiger partial charge in [-0.1, -0.05) is 17.4 Å². The minimum absolute atomic E-state index is 0.260. The zero-order chi connectivity index (χ0) is 17.9. The van der Waals surface area contributed by atoms with E-state index in [1.54, 1.807) is 12.4 Å². The van der Waals surface area contributed by atoms with Gasteiger partial charge in [-0.25, -0.2) is 9.78 Å². The zero-order valence-electron chi connectivity index (χ0n) is 14.0. The molecule has 7 nitrogen and oxygen atoms in total. The zero-order valence-corrected chi connectivity index (χ0v) is 14.8. The summed E-state index contributed by atoms with van der Waals surface area (Å²) < 4.78 is 0.992. The van der Waals surface area contributed by atoms with Gasteiger partial charge in [-0.15, -0.1) is 0 Å². The van der Waals surface area contributed by atoms with E-state index >= 15 is 0 Å². The second kappa shape index (κ2) is 6.93. The van der Waals surface area contributed by atoms with Crippen LogP contribution in [-0.4, -0.2) is 32.7 Å². The number of hydrogen-bond acceptors (Lipinski definition) is 5. The molecule has 0 unspecified atom stereocenters. The van der Waals surface area contributed by atoms with E-state index in [1.807, 2.05) is 37.5 Å². The van der Waals surface area contributed by atoms with Crippen LogP contribution >= 0.6 is 11.3 Å². The van der Waals surface area contributed by atoms with Gasteiger partial charge >= 0.3 is 6.03 Å². The predicted molar refractivity (Wildman–Crippen MR) is 103 cm³/mol. The number of aromatic nitrogens is 4. The van der Waals surface area contributed by atoms with Crippen LogP contribution in [0.5, 0.6) is 0 Å². The molecule has 4 aromatic rings. The van der Waals surface area contributed by atoms with Gasteiger partial charge in [0.2, 0.25) is 0 Å². The molecule has 0 saturated carbocycles. The summed E-state index contributed by atoms with van der Waals surface area (Å²) in [5.41, 5.74) is 4.81. The number of nitrogens with one attached hydrogen (secondary N) is 3. The molecule has 26 heavy (non-hydrogen) atoms. The first-order valence-corrected chi connectivity index (χ1v) is 8.95. The molecule has 2 amide bonds. The molecule has 1 aromatic carbocycles. The number of carbonyl (C=O) groups is 1. The Morgan fingerprint density at radius 1 is 1.23 bits per heavy atom. The maximum atomic E-state index is 11.8. The largest absolute Gasteiger partial charge is 0.338 e. The van der Waals surface area contributed by atoms with Crippen LogP contribution in [0.25, 0.3) is 32.5 Å². The van der Waals surface area contributed by atoms with Gasteiger partial charge in [0.1, 0.15) is 0 Å². The molecule has 0 aliphatic carbocycles. The van der Waals surface area contributed by atoms with Crippen LogP contribution in [0.2, 0.25) is 0 Å². The highest BCUT2D eigenvalue weighted by Gasteiger charge is 2.14. The van der Waals surface area contributed by atoms with E-state index in [0.717, 1.165) is 32.5 Å². The Morgan fingerprint density at radius 3 is 2.88 bits per heavy atom. The second-order valence-corrected chi connectivity index (χ2v) is 6.60. The molecule has 0 aliphatic heterocycles. The third-order valence-corrected chi connectivity index (χ3v) is 4.87. The maximum absolute atomic E-state index is 11.8. The molecule has 8 heteroatoms. The third kappa shape index (κ3) is 3.14. The van der Waals surface area contributed by atoms with Crippen LogP contribution < -0.4 is 10.6 Å². The fourth-order valence-electron chi connectivity index (χ4n) is 2.70. The van der Waals surface area contributed by atoms with Gasteiger partial charge in [-0.3, -0.25) is 15.4 Å². The second-order valence-electron chi connectivity index (χ2n) is 5.60. The number of carbonyl (C=O) groups excluding carboxylic acids is 1. The lowest BCUT2D eigenvalue weighted by molar-refractivity contribution is 0.252. The number of rotatable bonds is 4. The molecule has 3 N–H and O–H groups in total. The first-order chi connectivity index (χ1) is 12.7. The van der Waals surface area contributed by atoms with Crippen molar-refractivity contribution in [2.24, 2.45) is 0 Å². The molecule has 4 rings (SSSR count). The molecular weight excluding hydrogens is 348 g/mol. The molecule has 0 aliphatic rings. The monoisotopic (exact) mass is 364 g/mol. The van der Waals surface area contributed by atoms with Gasteiger partial charge in [0, 0.05) is 41.8 Å². The number of pyridine rings is 1. The van der Waals surface area contributed by atoms with E-state index < -0.39 is 0 Å². The van der Waals surface area contributed by atoms with Crippen LogP contribution in [-0.2, 0) is 0 Å². The molecular formula is C18H16N6OS. The molecule has 0 atom stereocenters. The third-order valence-electron chi connectivity index (χ3n) is 3.85. The summed E-state index contributed by atoms with van der Waals surface area (Å²) in [6.45, 7) is 2.43. The number of aromatic amines is 1.